The van der Waals surface area contributed by atoms with Crippen molar-refractivity contribution in [1.82, 2.24) is 10.6 Å². The summed E-state index contributed by atoms with van der Waals surface area (Å²) in [5.41, 5.74) is 0.324. The second kappa shape index (κ2) is 13.2. The van der Waals surface area contributed by atoms with Gasteiger partial charge in [0.15, 0.2) is 12.2 Å². The zero-order chi connectivity index (χ0) is 26.8. The minimum absolute atomic E-state index is 0.324. The number of carbonyl (C=O) groups excluding carboxylic acids is 6. The maximum Gasteiger partial charge on any atom is 0.305 e. The third-order valence-corrected chi connectivity index (χ3v) is 4.76. The first-order chi connectivity index (χ1) is 17.0. The van der Waals surface area contributed by atoms with Crippen LogP contribution >= 0.6 is 0 Å². The molecule has 0 saturated carbocycles. The van der Waals surface area contributed by atoms with Crippen LogP contribution in [0.25, 0.3) is 0 Å². The highest BCUT2D eigenvalue weighted by molar-refractivity contribution is 5.96. The quantitative estimate of drug-likeness (QED) is 0.329. The summed E-state index contributed by atoms with van der Waals surface area (Å²) >= 11 is 0. The molecule has 1 aliphatic rings. The van der Waals surface area contributed by atoms with E-state index in [2.05, 4.69) is 10.6 Å². The second-order valence-corrected chi connectivity index (χ2v) is 7.75. The van der Waals surface area contributed by atoms with E-state index in [1.54, 1.807) is 30.3 Å². The molecule has 13 nitrogen and oxygen atoms in total. The molecule has 1 aromatic carbocycles. The first-order valence-electron chi connectivity index (χ1n) is 10.9. The highest BCUT2D eigenvalue weighted by atomic mass is 16.7. The molecule has 1 aromatic rings. The summed E-state index contributed by atoms with van der Waals surface area (Å²) in [6.07, 6.45) is -5.48. The van der Waals surface area contributed by atoms with Gasteiger partial charge in [-0.3, -0.25) is 28.8 Å². The molecule has 2 rings (SSSR count). The number of benzene rings is 1. The van der Waals surface area contributed by atoms with Gasteiger partial charge in [-0.1, -0.05) is 18.2 Å². The fourth-order valence-electron chi connectivity index (χ4n) is 3.41. The molecule has 1 fully saturated rings. The summed E-state index contributed by atoms with van der Waals surface area (Å²) in [6, 6.07) is 6.81. The zero-order valence-electron chi connectivity index (χ0n) is 20.2. The third kappa shape index (κ3) is 8.65. The minimum atomic E-state index is -1.52. The van der Waals surface area contributed by atoms with Gasteiger partial charge in [-0.05, 0) is 12.1 Å². The molecule has 1 aliphatic heterocycles. The Morgan fingerprint density at radius 1 is 0.806 bits per heavy atom. The average Bonchev–Trinajstić information content (AvgIpc) is 2.79. The number of hydrogen-bond acceptors (Lipinski definition) is 11. The van der Waals surface area contributed by atoms with E-state index in [1.165, 1.54) is 0 Å². The van der Waals surface area contributed by atoms with Gasteiger partial charge in [-0.25, -0.2) is 0 Å². The Labute approximate surface area is 206 Å². The normalized spacial score (nSPS) is 22.9. The highest BCUT2D eigenvalue weighted by Gasteiger charge is 2.52. The number of carbonyl (C=O) groups is 6. The van der Waals surface area contributed by atoms with Gasteiger partial charge in [-0.2, -0.15) is 0 Å². The smallest absolute Gasteiger partial charge is 0.305 e. The number of hydrogen-bond donors (Lipinski definition) is 2. The monoisotopic (exact) mass is 508 g/mol. The lowest BCUT2D eigenvalue weighted by molar-refractivity contribution is -0.271. The summed E-state index contributed by atoms with van der Waals surface area (Å²) in [6.45, 7) is 3.49. The van der Waals surface area contributed by atoms with Crippen LogP contribution in [-0.4, -0.2) is 79.5 Å². The minimum Gasteiger partial charge on any atom is -0.463 e. The van der Waals surface area contributed by atoms with Crippen molar-refractivity contribution in [3.63, 3.8) is 0 Å². The fraction of sp³-hybridized carbons (Fsp3) is 0.478. The Balaban J connectivity index is 2.28. The molecule has 13 heteroatoms. The van der Waals surface area contributed by atoms with Crippen LogP contribution in [0.5, 0.6) is 0 Å². The van der Waals surface area contributed by atoms with Gasteiger partial charge in [-0.15, -0.1) is 0 Å². The Kier molecular flexibility index (Phi) is 10.3. The predicted octanol–water partition coefficient (Wildman–Crippen LogP) is -0.384. The molecule has 36 heavy (non-hydrogen) atoms. The molecule has 0 spiro atoms. The Hall–Kier alpha value is -4.00. The third-order valence-electron chi connectivity index (χ3n) is 4.76. The zero-order valence-corrected chi connectivity index (χ0v) is 20.2. The molecule has 0 radical (unpaired) electrons. The van der Waals surface area contributed by atoms with Gasteiger partial charge in [0.05, 0.1) is 6.54 Å². The summed E-state index contributed by atoms with van der Waals surface area (Å²) in [5.74, 6) is -4.31. The van der Waals surface area contributed by atoms with Crippen LogP contribution in [0.3, 0.4) is 0 Å². The van der Waals surface area contributed by atoms with Crippen molar-refractivity contribution < 1.29 is 52.5 Å². The molecule has 0 aromatic heterocycles. The summed E-state index contributed by atoms with van der Waals surface area (Å²) < 4.78 is 26.4. The Morgan fingerprint density at radius 3 is 1.94 bits per heavy atom. The van der Waals surface area contributed by atoms with E-state index in [0.29, 0.717) is 5.56 Å². The van der Waals surface area contributed by atoms with Crippen LogP contribution < -0.4 is 10.6 Å². The lowest BCUT2D eigenvalue weighted by Gasteiger charge is -2.44. The lowest BCUT2D eigenvalue weighted by Crippen LogP contribution is -2.67. The average molecular weight is 508 g/mol. The van der Waals surface area contributed by atoms with E-state index in [-0.39, 0.29) is 0 Å². The van der Waals surface area contributed by atoms with Crippen molar-refractivity contribution in [3.8, 4) is 0 Å². The number of esters is 4. The van der Waals surface area contributed by atoms with Gasteiger partial charge in [0.1, 0.15) is 18.8 Å². The van der Waals surface area contributed by atoms with Gasteiger partial charge in [0.2, 0.25) is 12.2 Å². The molecule has 1 saturated heterocycles. The molecule has 5 atom stereocenters. The Morgan fingerprint density at radius 2 is 1.39 bits per heavy atom. The van der Waals surface area contributed by atoms with Crippen molar-refractivity contribution in [2.45, 2.75) is 58.3 Å². The van der Waals surface area contributed by atoms with Gasteiger partial charge in [0.25, 0.3) is 5.91 Å². The van der Waals surface area contributed by atoms with Crippen LogP contribution in [-0.2, 0) is 47.7 Å². The number of ether oxygens (including phenoxy) is 5. The Bertz CT molecular complexity index is 982. The van der Waals surface area contributed by atoms with Crippen molar-refractivity contribution in [3.05, 3.63) is 35.9 Å². The van der Waals surface area contributed by atoms with Gasteiger partial charge in [0, 0.05) is 33.3 Å². The summed E-state index contributed by atoms with van der Waals surface area (Å²) in [4.78, 5) is 71.7. The number of amides is 2. The van der Waals surface area contributed by atoms with E-state index in [9.17, 15) is 28.8 Å². The van der Waals surface area contributed by atoms with Crippen molar-refractivity contribution in [2.24, 2.45) is 0 Å². The molecular weight excluding hydrogens is 480 g/mol. The maximum absolute atomic E-state index is 12.7. The molecule has 196 valence electrons. The standard InChI is InChI=1S/C23H28N2O11/c1-12(26)32-11-17-20(33-13(2)27)21(34-14(3)28)19(23(36-17)35-15(4)29)25-18(30)10-24-22(31)16-8-6-5-7-9-16/h5-9,17,19-21,23H,10-11H2,1-4H3,(H,24,31)(H,25,30). The second-order valence-electron chi connectivity index (χ2n) is 7.75. The van der Waals surface area contributed by atoms with Crippen molar-refractivity contribution in [2.75, 3.05) is 13.2 Å². The fourth-order valence-corrected chi connectivity index (χ4v) is 3.41. The van der Waals surface area contributed by atoms with E-state index in [0.717, 1.165) is 27.7 Å². The molecule has 5 unspecified atom stereocenters. The molecule has 2 N–H and O–H groups in total. The molecule has 0 aliphatic carbocycles. The van der Waals surface area contributed by atoms with Crippen LogP contribution in [0, 0.1) is 0 Å². The summed E-state index contributed by atoms with van der Waals surface area (Å²) in [5, 5.41) is 4.93. The lowest BCUT2D eigenvalue weighted by atomic mass is 9.96. The first-order valence-corrected chi connectivity index (χ1v) is 10.9. The van der Waals surface area contributed by atoms with Crippen molar-refractivity contribution >= 4 is 35.7 Å². The first kappa shape index (κ1) is 28.2. The molecule has 1 heterocycles. The van der Waals surface area contributed by atoms with Crippen LogP contribution in [0.1, 0.15) is 38.1 Å². The predicted molar refractivity (Wildman–Crippen MR) is 119 cm³/mol. The van der Waals surface area contributed by atoms with E-state index in [1.807, 2.05) is 0 Å². The van der Waals surface area contributed by atoms with Crippen molar-refractivity contribution in [1.29, 1.82) is 0 Å². The SMILES string of the molecule is CC(=O)OCC1OC(OC(C)=O)C(NC(=O)CNC(=O)c2ccccc2)C(OC(C)=O)C1OC(C)=O. The molecular formula is C23H28N2O11. The maximum atomic E-state index is 12.7. The van der Waals surface area contributed by atoms with Crippen LogP contribution in [0.15, 0.2) is 30.3 Å². The van der Waals surface area contributed by atoms with E-state index < -0.39 is 79.5 Å². The number of nitrogens with one attached hydrogen (secondary N) is 2. The van der Waals surface area contributed by atoms with E-state index >= 15 is 0 Å². The summed E-state index contributed by atoms with van der Waals surface area (Å²) in [7, 11) is 0. The van der Waals surface area contributed by atoms with Gasteiger partial charge >= 0.3 is 23.9 Å². The highest BCUT2D eigenvalue weighted by Crippen LogP contribution is 2.28. The molecule has 0 bridgehead atoms. The van der Waals surface area contributed by atoms with Crippen LogP contribution in [0.4, 0.5) is 0 Å². The topological polar surface area (TPSA) is 173 Å². The number of rotatable bonds is 9. The van der Waals surface area contributed by atoms with E-state index in [4.69, 9.17) is 23.7 Å². The largest absolute Gasteiger partial charge is 0.463 e. The molecule has 2 amide bonds. The van der Waals surface area contributed by atoms with Gasteiger partial charge < -0.3 is 34.3 Å². The van der Waals surface area contributed by atoms with Crippen LogP contribution in [0.2, 0.25) is 0 Å².